The van der Waals surface area contributed by atoms with Gasteiger partial charge in [0.2, 0.25) is 23.6 Å². The Morgan fingerprint density at radius 3 is 2.03 bits per heavy atom. The van der Waals surface area contributed by atoms with Gasteiger partial charge >= 0.3 is 5.97 Å². The molecule has 1 aromatic carbocycles. The fourth-order valence-electron chi connectivity index (χ4n) is 8.97. The SMILES string of the molecule is CC[C@H](C)[C@@H]([C@@H](CC(=O)N1CCC[C@H]1[C@@H](OC)[C@@H](C)C(=O)N[C@H](C)[C@@H](OC(=O)CCCC[Si](C)(C)O)c1ccccc1)OC)N(C)C(=O)[C@@H](NC(=O)[C@H](C(C)C)N(C)C)C(C)C. The number of carbonyl (C=O) groups is 5. The highest BCUT2D eigenvalue weighted by molar-refractivity contribution is 6.69. The van der Waals surface area contributed by atoms with E-state index in [1.807, 2.05) is 111 Å². The molecule has 0 saturated carbocycles. The summed E-state index contributed by atoms with van der Waals surface area (Å²) in [6.45, 7) is 19.7. The van der Waals surface area contributed by atoms with Gasteiger partial charge in [0.05, 0.1) is 48.7 Å². The van der Waals surface area contributed by atoms with Gasteiger partial charge in [-0.2, -0.15) is 0 Å². The van der Waals surface area contributed by atoms with Crippen molar-refractivity contribution >= 4 is 37.9 Å². The lowest BCUT2D eigenvalue weighted by molar-refractivity contribution is -0.152. The Kier molecular flexibility index (Phi) is 22.8. The monoisotopic (exact) mass is 890 g/mol. The average Bonchev–Trinajstić information content (AvgIpc) is 3.69. The maximum absolute atomic E-state index is 14.4. The number of carbonyl (C=O) groups excluding carboxylic acids is 5. The minimum absolute atomic E-state index is 0.00620. The molecule has 2 rings (SSSR count). The Hall–Kier alpha value is -3.37. The van der Waals surface area contributed by atoms with E-state index in [4.69, 9.17) is 14.2 Å². The molecule has 0 bridgehead atoms. The zero-order chi connectivity index (χ0) is 47.1. The molecule has 354 valence electrons. The Morgan fingerprint density at radius 1 is 0.887 bits per heavy atom. The Bertz CT molecular complexity index is 1550. The third-order valence-corrected chi connectivity index (χ3v) is 14.2. The maximum atomic E-state index is 14.4. The third-order valence-electron chi connectivity index (χ3n) is 12.6. The zero-order valence-corrected chi connectivity index (χ0v) is 41.7. The fourth-order valence-corrected chi connectivity index (χ4v) is 10.1. The Morgan fingerprint density at radius 2 is 1.52 bits per heavy atom. The molecular weight excluding hydrogens is 807 g/mol. The van der Waals surface area contributed by atoms with Crippen molar-refractivity contribution in [2.24, 2.45) is 23.7 Å². The van der Waals surface area contributed by atoms with Crippen LogP contribution in [0.4, 0.5) is 0 Å². The summed E-state index contributed by atoms with van der Waals surface area (Å²) in [5.41, 5.74) is 0.755. The van der Waals surface area contributed by atoms with Crippen molar-refractivity contribution < 1.29 is 43.0 Å². The van der Waals surface area contributed by atoms with Gasteiger partial charge in [-0.25, -0.2) is 0 Å². The molecule has 1 heterocycles. The lowest BCUT2D eigenvalue weighted by Crippen LogP contribution is -2.59. The Balaban J connectivity index is 2.26. The first kappa shape index (κ1) is 54.8. The van der Waals surface area contributed by atoms with Gasteiger partial charge in [0.15, 0.2) is 8.32 Å². The molecule has 0 radical (unpaired) electrons. The second-order valence-corrected chi connectivity index (χ2v) is 23.2. The molecule has 1 saturated heterocycles. The third kappa shape index (κ3) is 16.0. The van der Waals surface area contributed by atoms with E-state index in [1.165, 1.54) is 0 Å². The highest BCUT2D eigenvalue weighted by atomic mass is 28.4. The number of ether oxygens (including phenoxy) is 3. The van der Waals surface area contributed by atoms with E-state index in [-0.39, 0.29) is 66.2 Å². The van der Waals surface area contributed by atoms with Gasteiger partial charge in [0.1, 0.15) is 12.1 Å². The average molecular weight is 890 g/mol. The van der Waals surface area contributed by atoms with E-state index in [0.29, 0.717) is 25.4 Å². The van der Waals surface area contributed by atoms with E-state index >= 15 is 0 Å². The van der Waals surface area contributed by atoms with Crippen LogP contribution in [0.15, 0.2) is 30.3 Å². The topological polar surface area (TPSA) is 167 Å². The molecule has 1 fully saturated rings. The standard InChI is InChI=1S/C47H83N5O9Si/c1-16-32(6)42(51(11)47(57)40(30(2)3)49-46(56)41(31(4)5)50(9)10)37(59-12)29-38(53)52-27-22-25-36(52)43(60-13)33(7)45(55)48-34(8)44(35-23-18-17-19-24-35)61-39(54)26-20-21-28-62(14,15)58/h17-19,23-24,30-34,36-37,40-44,58H,16,20-22,25-29H2,1-15H3,(H,48,55)(H,49,56)/t32-,33+,34+,36-,37+,40-,41-,42-,43-,44+/m0/s1. The predicted octanol–water partition coefficient (Wildman–Crippen LogP) is 5.79. The summed E-state index contributed by atoms with van der Waals surface area (Å²) < 4.78 is 18.1. The van der Waals surface area contributed by atoms with Crippen LogP contribution >= 0.6 is 0 Å². The van der Waals surface area contributed by atoms with Gasteiger partial charge < -0.3 is 39.4 Å². The van der Waals surface area contributed by atoms with Gasteiger partial charge in [-0.1, -0.05) is 91.6 Å². The number of benzene rings is 1. The van der Waals surface area contributed by atoms with Gasteiger partial charge in [0.25, 0.3) is 0 Å². The molecular formula is C47H83N5O9Si. The van der Waals surface area contributed by atoms with Crippen molar-refractivity contribution in [3.05, 3.63) is 35.9 Å². The maximum Gasteiger partial charge on any atom is 0.306 e. The summed E-state index contributed by atoms with van der Waals surface area (Å²) in [5, 5.41) is 6.13. The smallest absolute Gasteiger partial charge is 0.306 e. The fraction of sp³-hybridized carbons (Fsp3) is 0.766. The highest BCUT2D eigenvalue weighted by Crippen LogP contribution is 2.31. The number of esters is 1. The summed E-state index contributed by atoms with van der Waals surface area (Å²) in [7, 11) is 6.35. The second-order valence-electron chi connectivity index (χ2n) is 19.1. The highest BCUT2D eigenvalue weighted by Gasteiger charge is 2.43. The van der Waals surface area contributed by atoms with Gasteiger partial charge in [-0.05, 0) is 82.7 Å². The van der Waals surface area contributed by atoms with Crippen molar-refractivity contribution in [2.45, 2.75) is 168 Å². The van der Waals surface area contributed by atoms with E-state index < -0.39 is 56.7 Å². The summed E-state index contributed by atoms with van der Waals surface area (Å²) in [4.78, 5) is 84.7. The van der Waals surface area contributed by atoms with Crippen molar-refractivity contribution in [3.63, 3.8) is 0 Å². The number of hydrogen-bond acceptors (Lipinski definition) is 10. The van der Waals surface area contributed by atoms with Gasteiger partial charge in [-0.15, -0.1) is 0 Å². The number of nitrogens with one attached hydrogen (secondary N) is 2. The molecule has 0 spiro atoms. The van der Waals surface area contributed by atoms with Gasteiger partial charge in [-0.3, -0.25) is 28.9 Å². The van der Waals surface area contributed by atoms with Crippen molar-refractivity contribution in [3.8, 4) is 0 Å². The zero-order valence-electron chi connectivity index (χ0n) is 40.7. The summed E-state index contributed by atoms with van der Waals surface area (Å²) >= 11 is 0. The molecule has 3 N–H and O–H groups in total. The predicted molar refractivity (Wildman–Crippen MR) is 246 cm³/mol. The molecule has 1 aliphatic heterocycles. The van der Waals surface area contributed by atoms with Crippen LogP contribution in [0, 0.1) is 23.7 Å². The number of nitrogens with zero attached hydrogens (tertiary/aromatic N) is 3. The number of amides is 4. The van der Waals surface area contributed by atoms with Crippen LogP contribution in [-0.4, -0.2) is 142 Å². The molecule has 15 heteroatoms. The van der Waals surface area contributed by atoms with Crippen LogP contribution in [0.3, 0.4) is 0 Å². The summed E-state index contributed by atoms with van der Waals surface area (Å²) in [5.74, 6) is -2.13. The Labute approximate surface area is 374 Å². The quantitative estimate of drug-likeness (QED) is 0.0589. The number of likely N-dealkylation sites (tertiary alicyclic amines) is 1. The van der Waals surface area contributed by atoms with Crippen molar-refractivity contribution in [1.29, 1.82) is 0 Å². The normalized spacial score (nSPS) is 19.0. The van der Waals surface area contributed by atoms with Crippen LogP contribution in [-0.2, 0) is 38.2 Å². The van der Waals surface area contributed by atoms with Crippen LogP contribution in [0.25, 0.3) is 0 Å². The molecule has 14 nitrogen and oxygen atoms in total. The molecule has 4 amide bonds. The van der Waals surface area contributed by atoms with Crippen LogP contribution in [0.2, 0.25) is 19.1 Å². The number of rotatable bonds is 26. The minimum Gasteiger partial charge on any atom is -0.455 e. The largest absolute Gasteiger partial charge is 0.455 e. The molecule has 1 aliphatic rings. The van der Waals surface area contributed by atoms with E-state index in [2.05, 4.69) is 10.6 Å². The summed E-state index contributed by atoms with van der Waals surface area (Å²) in [6.07, 6.45) is 1.65. The lowest BCUT2D eigenvalue weighted by Gasteiger charge is -2.41. The molecule has 0 aromatic heterocycles. The summed E-state index contributed by atoms with van der Waals surface area (Å²) in [6, 6.07) is 7.42. The first-order valence-electron chi connectivity index (χ1n) is 22.9. The second kappa shape index (κ2) is 25.8. The molecule has 0 aliphatic carbocycles. The number of methoxy groups -OCH3 is 2. The molecule has 1 aromatic rings. The van der Waals surface area contributed by atoms with Crippen molar-refractivity contribution in [2.75, 3.05) is 41.9 Å². The van der Waals surface area contributed by atoms with Crippen molar-refractivity contribution in [1.82, 2.24) is 25.3 Å². The first-order chi connectivity index (χ1) is 29.0. The van der Waals surface area contributed by atoms with E-state index in [1.54, 1.807) is 38.0 Å². The first-order valence-corrected chi connectivity index (χ1v) is 26.0. The van der Waals surface area contributed by atoms with E-state index in [0.717, 1.165) is 24.8 Å². The minimum atomic E-state index is -2.20. The number of hydrogen-bond donors (Lipinski definition) is 3. The number of likely N-dealkylation sites (N-methyl/N-ethyl adjacent to an activating group) is 2. The van der Waals surface area contributed by atoms with E-state index in [9.17, 15) is 28.8 Å². The molecule has 62 heavy (non-hydrogen) atoms. The van der Waals surface area contributed by atoms with Gasteiger partial charge in [0, 0.05) is 34.2 Å². The van der Waals surface area contributed by atoms with Crippen LogP contribution in [0.5, 0.6) is 0 Å². The molecule has 10 atom stereocenters. The molecule has 0 unspecified atom stereocenters. The number of unbranched alkanes of at least 4 members (excludes halogenated alkanes) is 1. The van der Waals surface area contributed by atoms with Crippen LogP contribution < -0.4 is 10.6 Å². The lowest BCUT2D eigenvalue weighted by atomic mass is 9.89. The van der Waals surface area contributed by atoms with Crippen LogP contribution in [0.1, 0.15) is 112 Å².